The van der Waals surface area contributed by atoms with E-state index in [1.165, 1.54) is 11.1 Å². The van der Waals surface area contributed by atoms with E-state index in [-0.39, 0.29) is 12.0 Å². The highest BCUT2D eigenvalue weighted by Gasteiger charge is 2.41. The molecule has 2 heteroatoms. The first-order valence-corrected chi connectivity index (χ1v) is 6.45. The Hall–Kier alpha value is -0.890. The maximum absolute atomic E-state index is 11.7. The predicted molar refractivity (Wildman–Crippen MR) is 68.6 cm³/mol. The van der Waals surface area contributed by atoms with Crippen molar-refractivity contribution in [3.05, 3.63) is 23.3 Å². The molecule has 94 valence electrons. The fourth-order valence-corrected chi connectivity index (χ4v) is 3.50. The van der Waals surface area contributed by atoms with Gasteiger partial charge >= 0.3 is 0 Å². The Morgan fingerprint density at radius 1 is 1.59 bits per heavy atom. The fourth-order valence-electron chi connectivity index (χ4n) is 3.50. The van der Waals surface area contributed by atoms with E-state index < -0.39 is 0 Å². The quantitative estimate of drug-likeness (QED) is 0.746. The Bertz CT molecular complexity index is 392. The van der Waals surface area contributed by atoms with Crippen LogP contribution >= 0.6 is 0 Å². The normalized spacial score (nSPS) is 33.6. The van der Waals surface area contributed by atoms with E-state index in [9.17, 15) is 9.90 Å². The highest BCUT2D eigenvalue weighted by molar-refractivity contribution is 5.83. The Morgan fingerprint density at radius 2 is 2.29 bits per heavy atom. The molecule has 2 atom stereocenters. The molecule has 0 spiro atoms. The number of allylic oxidation sites excluding steroid dienone is 2. The summed E-state index contributed by atoms with van der Waals surface area (Å²) in [7, 11) is 0. The third kappa shape index (κ3) is 2.23. The number of carbonyl (C=O) groups excluding carboxylic acids is 1. The van der Waals surface area contributed by atoms with E-state index in [1.54, 1.807) is 0 Å². The Labute approximate surface area is 103 Å². The van der Waals surface area contributed by atoms with Gasteiger partial charge in [-0.25, -0.2) is 0 Å². The molecule has 0 aromatic rings. The van der Waals surface area contributed by atoms with E-state index in [1.807, 2.05) is 0 Å². The van der Waals surface area contributed by atoms with Gasteiger partial charge in [0.1, 0.15) is 5.78 Å². The van der Waals surface area contributed by atoms with E-state index in [0.29, 0.717) is 24.5 Å². The molecule has 2 rings (SSSR count). The summed E-state index contributed by atoms with van der Waals surface area (Å²) in [5.41, 5.74) is 3.76. The lowest BCUT2D eigenvalue weighted by atomic mass is 9.60. The molecular formula is C15H22O2. The van der Waals surface area contributed by atoms with E-state index in [0.717, 1.165) is 24.8 Å². The second-order valence-electron chi connectivity index (χ2n) is 5.97. The van der Waals surface area contributed by atoms with Crippen LogP contribution in [0.25, 0.3) is 0 Å². The van der Waals surface area contributed by atoms with Gasteiger partial charge in [-0.1, -0.05) is 24.6 Å². The third-order valence-electron chi connectivity index (χ3n) is 4.57. The summed E-state index contributed by atoms with van der Waals surface area (Å²) in [5.74, 6) is 0.791. The zero-order chi connectivity index (χ0) is 12.6. The topological polar surface area (TPSA) is 37.3 Å². The fraction of sp³-hybridized carbons (Fsp3) is 0.667. The van der Waals surface area contributed by atoms with Crippen molar-refractivity contribution in [3.63, 3.8) is 0 Å². The summed E-state index contributed by atoms with van der Waals surface area (Å²) in [6.07, 6.45) is 4.44. The molecular weight excluding hydrogens is 212 g/mol. The molecule has 17 heavy (non-hydrogen) atoms. The predicted octanol–water partition coefficient (Wildman–Crippen LogP) is 3.02. The van der Waals surface area contributed by atoms with E-state index in [4.69, 9.17) is 0 Å². The Morgan fingerprint density at radius 3 is 2.94 bits per heavy atom. The van der Waals surface area contributed by atoms with Crippen LogP contribution < -0.4 is 0 Å². The monoisotopic (exact) mass is 234 g/mol. The molecule has 2 aliphatic rings. The number of Topliss-reactive ketones (excluding diaryl/α,β-unsaturated/α-hetero) is 1. The number of fused-ring (bicyclic) bond motifs is 1. The summed E-state index contributed by atoms with van der Waals surface area (Å²) in [4.78, 5) is 11.7. The lowest BCUT2D eigenvalue weighted by molar-refractivity contribution is -0.121. The maximum Gasteiger partial charge on any atom is 0.137 e. The molecule has 1 saturated carbocycles. The number of aliphatic hydroxyl groups excluding tert-OH is 1. The second kappa shape index (κ2) is 4.41. The minimum absolute atomic E-state index is 0.0889. The number of hydrogen-bond acceptors (Lipinski definition) is 2. The first kappa shape index (κ1) is 12.6. The van der Waals surface area contributed by atoms with Crippen LogP contribution in [0.15, 0.2) is 23.3 Å². The number of aliphatic hydroxyl groups is 1. The van der Waals surface area contributed by atoms with Crippen LogP contribution in [0, 0.1) is 11.3 Å². The van der Waals surface area contributed by atoms with Crippen LogP contribution in [0.4, 0.5) is 0 Å². The number of ketones is 1. The molecule has 0 heterocycles. The molecule has 2 aliphatic carbocycles. The van der Waals surface area contributed by atoms with Crippen molar-refractivity contribution in [1.29, 1.82) is 0 Å². The van der Waals surface area contributed by atoms with Crippen LogP contribution in [-0.4, -0.2) is 17.5 Å². The first-order chi connectivity index (χ1) is 7.96. The SMILES string of the molecule is C=C(CO)C1CCC2(C)CC(=O)CC(C)=C2C1. The van der Waals surface area contributed by atoms with Gasteiger partial charge in [-0.05, 0) is 43.1 Å². The van der Waals surface area contributed by atoms with Gasteiger partial charge in [-0.3, -0.25) is 4.79 Å². The molecule has 1 fully saturated rings. The molecule has 0 radical (unpaired) electrons. The number of carbonyl (C=O) groups is 1. The summed E-state index contributed by atoms with van der Waals surface area (Å²) < 4.78 is 0. The summed E-state index contributed by atoms with van der Waals surface area (Å²) >= 11 is 0. The molecule has 0 aromatic carbocycles. The smallest absolute Gasteiger partial charge is 0.137 e. The van der Waals surface area contributed by atoms with Crippen molar-refractivity contribution in [2.24, 2.45) is 11.3 Å². The van der Waals surface area contributed by atoms with Crippen LogP contribution in [0.3, 0.4) is 0 Å². The minimum Gasteiger partial charge on any atom is -0.392 e. The molecule has 0 saturated heterocycles. The van der Waals surface area contributed by atoms with Gasteiger partial charge in [-0.15, -0.1) is 0 Å². The standard InChI is InChI=1S/C15H22O2/c1-10-6-13(17)8-15(3)5-4-12(7-14(10)15)11(2)9-16/h12,16H,2,4-9H2,1,3H3. The molecule has 0 aliphatic heterocycles. The van der Waals surface area contributed by atoms with Crippen LogP contribution in [0.2, 0.25) is 0 Å². The lowest BCUT2D eigenvalue weighted by Gasteiger charge is -2.44. The molecule has 0 bridgehead atoms. The average molecular weight is 234 g/mol. The zero-order valence-corrected chi connectivity index (χ0v) is 10.9. The first-order valence-electron chi connectivity index (χ1n) is 6.45. The molecule has 1 N–H and O–H groups in total. The van der Waals surface area contributed by atoms with Crippen molar-refractivity contribution in [3.8, 4) is 0 Å². The Balaban J connectivity index is 2.26. The molecule has 0 amide bonds. The second-order valence-corrected chi connectivity index (χ2v) is 5.97. The maximum atomic E-state index is 11.7. The Kier molecular flexibility index (Phi) is 3.26. The highest BCUT2D eigenvalue weighted by atomic mass is 16.3. The summed E-state index contributed by atoms with van der Waals surface area (Å²) in [5, 5.41) is 9.19. The number of hydrogen-bond donors (Lipinski definition) is 1. The third-order valence-corrected chi connectivity index (χ3v) is 4.57. The molecule has 2 nitrogen and oxygen atoms in total. The van der Waals surface area contributed by atoms with Gasteiger partial charge < -0.3 is 5.11 Å². The summed E-state index contributed by atoms with van der Waals surface area (Å²) in [6, 6.07) is 0. The van der Waals surface area contributed by atoms with Gasteiger partial charge in [-0.2, -0.15) is 0 Å². The highest BCUT2D eigenvalue weighted by Crippen LogP contribution is 2.51. The van der Waals surface area contributed by atoms with Gasteiger partial charge in [0.2, 0.25) is 0 Å². The minimum atomic E-state index is 0.0889. The van der Waals surface area contributed by atoms with Crippen LogP contribution in [-0.2, 0) is 4.79 Å². The van der Waals surface area contributed by atoms with E-state index >= 15 is 0 Å². The largest absolute Gasteiger partial charge is 0.392 e. The van der Waals surface area contributed by atoms with Gasteiger partial charge in [0, 0.05) is 12.8 Å². The van der Waals surface area contributed by atoms with Crippen molar-refractivity contribution in [2.45, 2.75) is 46.0 Å². The molecule has 2 unspecified atom stereocenters. The van der Waals surface area contributed by atoms with Gasteiger partial charge in [0.15, 0.2) is 0 Å². The van der Waals surface area contributed by atoms with Crippen molar-refractivity contribution >= 4 is 5.78 Å². The van der Waals surface area contributed by atoms with Gasteiger partial charge in [0.25, 0.3) is 0 Å². The van der Waals surface area contributed by atoms with Crippen LogP contribution in [0.1, 0.15) is 46.0 Å². The van der Waals surface area contributed by atoms with Crippen LogP contribution in [0.5, 0.6) is 0 Å². The van der Waals surface area contributed by atoms with Crippen molar-refractivity contribution in [1.82, 2.24) is 0 Å². The van der Waals surface area contributed by atoms with Crippen molar-refractivity contribution < 1.29 is 9.90 Å². The zero-order valence-electron chi connectivity index (χ0n) is 10.9. The van der Waals surface area contributed by atoms with Crippen molar-refractivity contribution in [2.75, 3.05) is 6.61 Å². The van der Waals surface area contributed by atoms with E-state index in [2.05, 4.69) is 20.4 Å². The number of rotatable bonds is 2. The molecule has 0 aromatic heterocycles. The average Bonchev–Trinajstić information content (AvgIpc) is 2.26. The summed E-state index contributed by atoms with van der Waals surface area (Å²) in [6.45, 7) is 8.36. The lowest BCUT2D eigenvalue weighted by Crippen LogP contribution is -2.34. The van der Waals surface area contributed by atoms with Gasteiger partial charge in [0.05, 0.1) is 6.61 Å².